The highest BCUT2D eigenvalue weighted by molar-refractivity contribution is 7.73. The number of carbonyl (C=O) groups is 4. The predicted octanol–water partition coefficient (Wildman–Crippen LogP) is 12.1. The van der Waals surface area contributed by atoms with Crippen LogP contribution in [0.15, 0.2) is 121 Å². The maximum Gasteiger partial charge on any atom is 0.246 e. The first-order valence-electron chi connectivity index (χ1n) is 22.1. The SMILES string of the molecule is O=C1[C@H]2CCCC[C@@H]2C(=O)N2[C@@H](c3ccccc3Cl)P(c3ccccc3P3[C@H](c4ccccc4Cl)N4C(=O)[C@H]5CCCC[C@@H]5C(=O)N4[C@H]3c3ccccc3Cl)[C@H](c3ccccc3Cl)N12. The second-order valence-corrected chi connectivity index (χ2v) is 23.8. The van der Waals surface area contributed by atoms with Gasteiger partial charge in [-0.05, 0) is 98.7 Å². The quantitative estimate of drug-likeness (QED) is 0.159. The predicted molar refractivity (Wildman–Crippen MR) is 255 cm³/mol. The minimum absolute atomic E-state index is 0.0785. The van der Waals surface area contributed by atoms with Gasteiger partial charge >= 0.3 is 0 Å². The zero-order valence-corrected chi connectivity index (χ0v) is 39.5. The fraction of sp³-hybridized carbons (Fsp3) is 0.320. The molecule has 6 fully saturated rings. The smallest absolute Gasteiger partial charge is 0.246 e. The van der Waals surface area contributed by atoms with E-state index in [4.69, 9.17) is 46.4 Å². The molecule has 326 valence electrons. The third-order valence-corrected chi connectivity index (χ3v) is 21.9. The van der Waals surface area contributed by atoms with Crippen molar-refractivity contribution in [1.29, 1.82) is 0 Å². The van der Waals surface area contributed by atoms with Crippen molar-refractivity contribution in [2.24, 2.45) is 23.7 Å². The van der Waals surface area contributed by atoms with Gasteiger partial charge in [-0.3, -0.25) is 19.2 Å². The maximum atomic E-state index is 15.3. The van der Waals surface area contributed by atoms with Crippen molar-refractivity contribution in [2.45, 2.75) is 74.5 Å². The van der Waals surface area contributed by atoms with E-state index in [2.05, 4.69) is 12.1 Å². The fourth-order valence-electron chi connectivity index (χ4n) is 11.5. The molecular formula is C50H44Cl4N4O4P2. The van der Waals surface area contributed by atoms with Crippen LogP contribution in [-0.4, -0.2) is 43.7 Å². The first kappa shape index (κ1) is 42.6. The molecule has 8 atom stereocenters. The molecule has 0 N–H and O–H groups in total. The molecule has 0 aromatic heterocycles. The number of hydrazine groups is 2. The Bertz CT molecular complexity index is 2380. The lowest BCUT2D eigenvalue weighted by Crippen LogP contribution is -2.59. The molecule has 4 heterocycles. The maximum absolute atomic E-state index is 15.3. The van der Waals surface area contributed by atoms with Crippen molar-refractivity contribution in [3.8, 4) is 0 Å². The number of nitrogens with zero attached hydrogens (tertiary/aromatic N) is 4. The molecule has 8 nitrogen and oxygen atoms in total. The topological polar surface area (TPSA) is 81.2 Å². The third kappa shape index (κ3) is 6.60. The molecule has 11 rings (SSSR count). The van der Waals surface area contributed by atoms with E-state index < -0.39 is 62.6 Å². The molecular weight excluding hydrogens is 924 g/mol. The molecule has 2 saturated carbocycles. The first-order valence-corrected chi connectivity index (χ1v) is 26.6. The van der Waals surface area contributed by atoms with Gasteiger partial charge < -0.3 is 0 Å². The van der Waals surface area contributed by atoms with Crippen LogP contribution in [0.1, 0.15) is 96.8 Å². The summed E-state index contributed by atoms with van der Waals surface area (Å²) in [6.07, 6.45) is 6.05. The van der Waals surface area contributed by atoms with Gasteiger partial charge in [0.1, 0.15) is 23.1 Å². The summed E-state index contributed by atoms with van der Waals surface area (Å²) in [4.78, 5) is 61.3. The number of hydrogen-bond donors (Lipinski definition) is 0. The van der Waals surface area contributed by atoms with Gasteiger partial charge in [-0.2, -0.15) is 0 Å². The lowest BCUT2D eigenvalue weighted by atomic mass is 9.76. The Morgan fingerprint density at radius 2 is 0.562 bits per heavy atom. The lowest BCUT2D eigenvalue weighted by molar-refractivity contribution is -0.185. The second kappa shape index (κ2) is 17.0. The van der Waals surface area contributed by atoms with E-state index in [-0.39, 0.29) is 23.6 Å². The van der Waals surface area contributed by atoms with Gasteiger partial charge in [-0.25, -0.2) is 20.0 Å². The Morgan fingerprint density at radius 3 is 0.797 bits per heavy atom. The number of benzene rings is 5. The van der Waals surface area contributed by atoms with Crippen LogP contribution in [0.2, 0.25) is 20.1 Å². The van der Waals surface area contributed by atoms with Gasteiger partial charge in [0.05, 0.1) is 23.7 Å². The van der Waals surface area contributed by atoms with Crippen LogP contribution in [0.4, 0.5) is 0 Å². The molecule has 4 amide bonds. The van der Waals surface area contributed by atoms with Crippen molar-refractivity contribution in [3.05, 3.63) is 164 Å². The van der Waals surface area contributed by atoms with Crippen LogP contribution in [-0.2, 0) is 19.2 Å². The number of hydrogen-bond acceptors (Lipinski definition) is 4. The number of halogens is 4. The molecule has 4 saturated heterocycles. The lowest BCUT2D eigenvalue weighted by Gasteiger charge is -2.46. The van der Waals surface area contributed by atoms with Crippen molar-refractivity contribution in [1.82, 2.24) is 20.0 Å². The van der Waals surface area contributed by atoms with Gasteiger partial charge in [0.25, 0.3) is 0 Å². The molecule has 4 aliphatic heterocycles. The van der Waals surface area contributed by atoms with Gasteiger partial charge in [0, 0.05) is 20.1 Å². The van der Waals surface area contributed by atoms with E-state index in [0.717, 1.165) is 58.5 Å². The van der Waals surface area contributed by atoms with Crippen molar-refractivity contribution in [2.75, 3.05) is 0 Å². The highest BCUT2D eigenvalue weighted by Crippen LogP contribution is 2.75. The Hall–Kier alpha value is -4.00. The molecule has 6 aliphatic rings. The monoisotopic (exact) mass is 966 g/mol. The molecule has 14 heteroatoms. The van der Waals surface area contributed by atoms with Crippen molar-refractivity contribution < 1.29 is 19.2 Å². The summed E-state index contributed by atoms with van der Waals surface area (Å²) in [5.74, 6) is -4.79. The Labute approximate surface area is 395 Å². The Kier molecular flexibility index (Phi) is 11.3. The zero-order valence-electron chi connectivity index (χ0n) is 34.7. The van der Waals surface area contributed by atoms with Crippen LogP contribution in [0.25, 0.3) is 0 Å². The molecule has 5 aromatic rings. The van der Waals surface area contributed by atoms with Gasteiger partial charge in [0.2, 0.25) is 23.6 Å². The van der Waals surface area contributed by atoms with Crippen LogP contribution >= 0.6 is 62.2 Å². The van der Waals surface area contributed by atoms with Crippen molar-refractivity contribution in [3.63, 3.8) is 0 Å². The number of amides is 4. The van der Waals surface area contributed by atoms with E-state index in [0.29, 0.717) is 45.8 Å². The van der Waals surface area contributed by atoms with Gasteiger partial charge in [-0.15, -0.1) is 0 Å². The Morgan fingerprint density at radius 1 is 0.344 bits per heavy atom. The minimum Gasteiger partial charge on any atom is -0.273 e. The van der Waals surface area contributed by atoms with E-state index in [1.807, 2.05) is 109 Å². The summed E-state index contributed by atoms with van der Waals surface area (Å²) in [5.41, 5.74) is 2.95. The average Bonchev–Trinajstić information content (AvgIpc) is 3.85. The van der Waals surface area contributed by atoms with E-state index in [1.165, 1.54) is 0 Å². The summed E-state index contributed by atoms with van der Waals surface area (Å²) in [7, 11) is -3.37. The number of rotatable bonds is 6. The minimum atomic E-state index is -1.68. The first-order chi connectivity index (χ1) is 31.2. The largest absolute Gasteiger partial charge is 0.273 e. The van der Waals surface area contributed by atoms with E-state index in [1.54, 1.807) is 20.0 Å². The standard InChI is InChI=1S/C50H44Cl4N4O4P2/c51-37-23-9-5-19-33(37)47-55-43(59)29-15-1-2-16-30(29)44(60)56(55)48(34-20-6-10-24-38(34)52)63(47)41-27-13-14-28-42(41)64-49(35-21-7-11-25-39(35)53)57-45(61)31-17-3-4-18-32(31)46(62)58(57)50(64)36-22-8-12-26-40(36)54/h5-14,19-32,47-50H,1-4,15-18H2/t29-,30-,31-,32-,47+,48+,49+,50+/m0/s1. The van der Waals surface area contributed by atoms with Crippen LogP contribution in [0.3, 0.4) is 0 Å². The summed E-state index contributed by atoms with van der Waals surface area (Å²) in [6, 6.07) is 38.7. The molecule has 64 heavy (non-hydrogen) atoms. The summed E-state index contributed by atoms with van der Waals surface area (Å²) in [5, 5.41) is 10.8. The van der Waals surface area contributed by atoms with Gasteiger partial charge in [-0.1, -0.05) is 169 Å². The second-order valence-electron chi connectivity index (χ2n) is 17.6. The van der Waals surface area contributed by atoms with E-state index >= 15 is 19.2 Å². The molecule has 0 unspecified atom stereocenters. The van der Waals surface area contributed by atoms with Crippen LogP contribution in [0, 0.1) is 23.7 Å². The number of fused-ring (bicyclic) bond motifs is 4. The molecule has 0 bridgehead atoms. The molecule has 5 aromatic carbocycles. The normalized spacial score (nSPS) is 28.3. The molecule has 0 spiro atoms. The summed E-state index contributed by atoms with van der Waals surface area (Å²) >= 11 is 29.0. The zero-order chi connectivity index (χ0) is 44.0. The molecule has 2 aliphatic carbocycles. The third-order valence-electron chi connectivity index (χ3n) is 14.3. The highest BCUT2D eigenvalue weighted by Gasteiger charge is 2.64. The van der Waals surface area contributed by atoms with Gasteiger partial charge in [0.15, 0.2) is 0 Å². The fourth-order valence-corrected chi connectivity index (χ4v) is 20.2. The summed E-state index contributed by atoms with van der Waals surface area (Å²) in [6.45, 7) is 0. The number of carbonyl (C=O) groups excluding carboxylic acids is 4. The van der Waals surface area contributed by atoms with Crippen molar-refractivity contribution >= 4 is 96.5 Å². The van der Waals surface area contributed by atoms with E-state index in [9.17, 15) is 0 Å². The summed E-state index contributed by atoms with van der Waals surface area (Å²) < 4.78 is 0. The van der Waals surface area contributed by atoms with Crippen LogP contribution in [0.5, 0.6) is 0 Å². The highest BCUT2D eigenvalue weighted by atomic mass is 35.5. The average molecular weight is 969 g/mol. The van der Waals surface area contributed by atoms with Crippen LogP contribution < -0.4 is 10.6 Å². The molecule has 0 radical (unpaired) electrons. The Balaban J connectivity index is 1.21.